The predicted molar refractivity (Wildman–Crippen MR) is 87.0 cm³/mol. The molecule has 0 radical (unpaired) electrons. The molecule has 3 heterocycles. The Bertz CT molecular complexity index is 862. The lowest BCUT2D eigenvalue weighted by Gasteiger charge is -1.95. The molecule has 4 rings (SSSR count). The minimum Gasteiger partial charge on any atom is -0.360 e. The van der Waals surface area contributed by atoms with Gasteiger partial charge in [0.05, 0.1) is 6.54 Å². The number of amides is 1. The van der Waals surface area contributed by atoms with E-state index in [1.807, 2.05) is 23.6 Å². The molecule has 0 spiro atoms. The Labute approximate surface area is 141 Å². The van der Waals surface area contributed by atoms with Gasteiger partial charge in [-0.25, -0.2) is 0 Å². The second kappa shape index (κ2) is 6.40. The van der Waals surface area contributed by atoms with E-state index in [4.69, 9.17) is 9.05 Å². The van der Waals surface area contributed by atoms with Crippen LogP contribution in [0.25, 0.3) is 17.6 Å². The van der Waals surface area contributed by atoms with Gasteiger partial charge in [0.15, 0.2) is 5.69 Å². The molecule has 3 aromatic rings. The number of nitrogens with zero attached hydrogens (tertiary/aromatic N) is 3. The SMILES string of the molecule is O=C(/C=C\c1cccs1)NCc1nc(-c2cc(C3CC3)on2)no1. The quantitative estimate of drug-likeness (QED) is 0.692. The molecule has 1 aliphatic carbocycles. The number of carbonyl (C=O) groups is 1. The summed E-state index contributed by atoms with van der Waals surface area (Å²) in [6.45, 7) is 0.161. The van der Waals surface area contributed by atoms with Crippen LogP contribution in [0, 0.1) is 0 Å². The van der Waals surface area contributed by atoms with E-state index in [9.17, 15) is 4.79 Å². The molecule has 0 saturated heterocycles. The second-order valence-electron chi connectivity index (χ2n) is 5.47. The van der Waals surface area contributed by atoms with E-state index in [0.717, 1.165) is 23.5 Å². The molecule has 3 aromatic heterocycles. The van der Waals surface area contributed by atoms with Crippen LogP contribution in [0.5, 0.6) is 0 Å². The van der Waals surface area contributed by atoms with Crippen LogP contribution in [-0.2, 0) is 11.3 Å². The van der Waals surface area contributed by atoms with Crippen molar-refractivity contribution < 1.29 is 13.8 Å². The summed E-state index contributed by atoms with van der Waals surface area (Å²) in [4.78, 5) is 17.0. The third-order valence-corrected chi connectivity index (χ3v) is 4.40. The average molecular weight is 342 g/mol. The van der Waals surface area contributed by atoms with E-state index >= 15 is 0 Å². The number of thiophene rings is 1. The van der Waals surface area contributed by atoms with Gasteiger partial charge in [-0.1, -0.05) is 16.4 Å². The van der Waals surface area contributed by atoms with Crippen LogP contribution in [0.15, 0.2) is 38.7 Å². The number of hydrogen-bond donors (Lipinski definition) is 1. The van der Waals surface area contributed by atoms with Crippen molar-refractivity contribution in [3.8, 4) is 11.5 Å². The van der Waals surface area contributed by atoms with E-state index in [-0.39, 0.29) is 12.5 Å². The largest absolute Gasteiger partial charge is 0.360 e. The van der Waals surface area contributed by atoms with Gasteiger partial charge in [0, 0.05) is 22.9 Å². The van der Waals surface area contributed by atoms with E-state index in [0.29, 0.717) is 23.3 Å². The molecule has 0 aliphatic heterocycles. The fourth-order valence-electron chi connectivity index (χ4n) is 2.15. The van der Waals surface area contributed by atoms with Gasteiger partial charge < -0.3 is 14.4 Å². The summed E-state index contributed by atoms with van der Waals surface area (Å²) in [7, 11) is 0. The highest BCUT2D eigenvalue weighted by atomic mass is 32.1. The van der Waals surface area contributed by atoms with Crippen LogP contribution < -0.4 is 5.32 Å². The number of aromatic nitrogens is 3. The van der Waals surface area contributed by atoms with Gasteiger partial charge in [-0.05, 0) is 30.4 Å². The van der Waals surface area contributed by atoms with Gasteiger partial charge in [0.2, 0.25) is 17.6 Å². The number of carbonyl (C=O) groups excluding carboxylic acids is 1. The van der Waals surface area contributed by atoms with E-state index in [1.54, 1.807) is 17.4 Å². The first-order valence-electron chi connectivity index (χ1n) is 7.57. The van der Waals surface area contributed by atoms with Crippen molar-refractivity contribution in [1.82, 2.24) is 20.6 Å². The molecular formula is C16H14N4O3S. The smallest absolute Gasteiger partial charge is 0.246 e. The highest BCUT2D eigenvalue weighted by Crippen LogP contribution is 2.40. The molecule has 122 valence electrons. The maximum absolute atomic E-state index is 11.8. The van der Waals surface area contributed by atoms with Crippen LogP contribution in [-0.4, -0.2) is 21.2 Å². The summed E-state index contributed by atoms with van der Waals surface area (Å²) < 4.78 is 10.4. The Kier molecular flexibility index (Phi) is 3.96. The van der Waals surface area contributed by atoms with Crippen LogP contribution in [0.2, 0.25) is 0 Å². The Morgan fingerprint density at radius 1 is 1.38 bits per heavy atom. The monoisotopic (exact) mass is 342 g/mol. The van der Waals surface area contributed by atoms with Crippen molar-refractivity contribution in [3.63, 3.8) is 0 Å². The lowest BCUT2D eigenvalue weighted by molar-refractivity contribution is -0.116. The van der Waals surface area contributed by atoms with E-state index in [2.05, 4.69) is 20.6 Å². The van der Waals surface area contributed by atoms with Crippen molar-refractivity contribution in [2.45, 2.75) is 25.3 Å². The fraction of sp³-hybridized carbons (Fsp3) is 0.250. The predicted octanol–water partition coefficient (Wildman–Crippen LogP) is 2.99. The fourth-order valence-corrected chi connectivity index (χ4v) is 2.77. The van der Waals surface area contributed by atoms with Gasteiger partial charge in [0.1, 0.15) is 5.76 Å². The summed E-state index contributed by atoms with van der Waals surface area (Å²) in [5.41, 5.74) is 0.552. The van der Waals surface area contributed by atoms with Crippen molar-refractivity contribution in [1.29, 1.82) is 0 Å². The number of hydrogen-bond acceptors (Lipinski definition) is 7. The minimum atomic E-state index is -0.222. The van der Waals surface area contributed by atoms with Gasteiger partial charge in [-0.2, -0.15) is 4.98 Å². The lowest BCUT2D eigenvalue weighted by Crippen LogP contribution is -2.20. The molecule has 0 bridgehead atoms. The summed E-state index contributed by atoms with van der Waals surface area (Å²) in [6.07, 6.45) is 5.50. The maximum Gasteiger partial charge on any atom is 0.246 e. The Hall–Kier alpha value is -2.74. The number of nitrogens with one attached hydrogen (secondary N) is 1. The molecule has 1 saturated carbocycles. The zero-order valence-electron chi connectivity index (χ0n) is 12.6. The third kappa shape index (κ3) is 3.43. The Balaban J connectivity index is 1.33. The summed E-state index contributed by atoms with van der Waals surface area (Å²) in [5.74, 6) is 1.80. The number of rotatable bonds is 6. The molecule has 8 heteroatoms. The second-order valence-corrected chi connectivity index (χ2v) is 6.45. The zero-order chi connectivity index (χ0) is 16.4. The Morgan fingerprint density at radius 2 is 2.29 bits per heavy atom. The third-order valence-electron chi connectivity index (χ3n) is 3.56. The first-order chi connectivity index (χ1) is 11.8. The molecule has 24 heavy (non-hydrogen) atoms. The van der Waals surface area contributed by atoms with E-state index in [1.165, 1.54) is 6.08 Å². The molecule has 0 unspecified atom stereocenters. The summed E-state index contributed by atoms with van der Waals surface area (Å²) >= 11 is 1.57. The van der Waals surface area contributed by atoms with Gasteiger partial charge in [-0.15, -0.1) is 11.3 Å². The maximum atomic E-state index is 11.8. The van der Waals surface area contributed by atoms with Crippen molar-refractivity contribution >= 4 is 23.3 Å². The normalized spacial score (nSPS) is 14.3. The first kappa shape index (κ1) is 14.8. The van der Waals surface area contributed by atoms with Gasteiger partial charge in [-0.3, -0.25) is 4.79 Å². The zero-order valence-corrected chi connectivity index (χ0v) is 13.5. The molecular weight excluding hydrogens is 328 g/mol. The summed E-state index contributed by atoms with van der Waals surface area (Å²) in [5, 5.41) is 12.5. The van der Waals surface area contributed by atoms with Crippen LogP contribution in [0.1, 0.15) is 35.3 Å². The van der Waals surface area contributed by atoms with Crippen LogP contribution >= 0.6 is 11.3 Å². The highest BCUT2D eigenvalue weighted by Gasteiger charge is 2.28. The molecule has 1 amide bonds. The first-order valence-corrected chi connectivity index (χ1v) is 8.45. The Morgan fingerprint density at radius 3 is 3.08 bits per heavy atom. The molecule has 1 N–H and O–H groups in total. The molecule has 0 atom stereocenters. The van der Waals surface area contributed by atoms with Gasteiger partial charge in [0.25, 0.3) is 0 Å². The topological polar surface area (TPSA) is 94.1 Å². The lowest BCUT2D eigenvalue weighted by atomic mass is 10.3. The average Bonchev–Trinajstić information content (AvgIpc) is 3.03. The van der Waals surface area contributed by atoms with E-state index < -0.39 is 0 Å². The molecule has 1 fully saturated rings. The van der Waals surface area contributed by atoms with Crippen molar-refractivity contribution in [3.05, 3.63) is 46.2 Å². The summed E-state index contributed by atoms with van der Waals surface area (Å²) in [6, 6.07) is 5.71. The van der Waals surface area contributed by atoms with Crippen LogP contribution in [0.3, 0.4) is 0 Å². The highest BCUT2D eigenvalue weighted by molar-refractivity contribution is 7.10. The standard InChI is InChI=1S/C16H14N4O3S/c21-14(6-5-11-2-1-7-24-11)17-9-15-18-16(20-23-15)12-8-13(22-19-12)10-3-4-10/h1-2,5-8,10H,3-4,9H2,(H,17,21)/b6-5-. The van der Waals surface area contributed by atoms with Crippen molar-refractivity contribution in [2.75, 3.05) is 0 Å². The van der Waals surface area contributed by atoms with Crippen molar-refractivity contribution in [2.24, 2.45) is 0 Å². The van der Waals surface area contributed by atoms with Gasteiger partial charge >= 0.3 is 0 Å². The molecule has 1 aliphatic rings. The molecule has 0 aromatic carbocycles. The van der Waals surface area contributed by atoms with Crippen LogP contribution in [0.4, 0.5) is 0 Å². The minimum absolute atomic E-state index is 0.161. The molecule has 7 nitrogen and oxygen atoms in total.